The van der Waals surface area contributed by atoms with Gasteiger partial charge in [-0.3, -0.25) is 4.90 Å². The molecule has 1 aromatic carbocycles. The van der Waals surface area contributed by atoms with Crippen molar-refractivity contribution in [2.75, 3.05) is 33.2 Å². The molecule has 1 aliphatic heterocycles. The lowest BCUT2D eigenvalue weighted by Crippen LogP contribution is -2.46. The van der Waals surface area contributed by atoms with E-state index in [2.05, 4.69) is 54.1 Å². The zero-order valence-electron chi connectivity index (χ0n) is 12.3. The summed E-state index contributed by atoms with van der Waals surface area (Å²) in [5.41, 5.74) is 7.39. The first-order valence-corrected chi connectivity index (χ1v) is 7.39. The van der Waals surface area contributed by atoms with Gasteiger partial charge in [-0.15, -0.1) is 0 Å². The van der Waals surface area contributed by atoms with Crippen LogP contribution in [0.1, 0.15) is 18.9 Å². The Morgan fingerprint density at radius 2 is 2.00 bits per heavy atom. The maximum Gasteiger partial charge on any atom is 0.0345 e. The summed E-state index contributed by atoms with van der Waals surface area (Å²) in [6, 6.07) is 11.9. The van der Waals surface area contributed by atoms with Crippen molar-refractivity contribution in [3.05, 3.63) is 35.9 Å². The van der Waals surface area contributed by atoms with Crippen molar-refractivity contribution in [1.29, 1.82) is 0 Å². The molecular weight excluding hydrogens is 234 g/mol. The van der Waals surface area contributed by atoms with Gasteiger partial charge in [0.1, 0.15) is 0 Å². The molecule has 1 saturated heterocycles. The largest absolute Gasteiger partial charge is 0.329 e. The first-order chi connectivity index (χ1) is 9.20. The molecule has 0 amide bonds. The Bertz CT molecular complexity index is 366. The van der Waals surface area contributed by atoms with E-state index in [0.717, 1.165) is 26.1 Å². The van der Waals surface area contributed by atoms with Gasteiger partial charge in [0.15, 0.2) is 0 Å². The standard InChI is InChI=1S/C16H27N3/c1-14-8-10-19(16(12-17)13-18(14)2)11-9-15-6-4-3-5-7-15/h3-7,14,16H,8-13,17H2,1-2H3. The monoisotopic (exact) mass is 261 g/mol. The van der Waals surface area contributed by atoms with Crippen LogP contribution in [0, 0.1) is 0 Å². The van der Waals surface area contributed by atoms with Gasteiger partial charge in [-0.2, -0.15) is 0 Å². The van der Waals surface area contributed by atoms with Gasteiger partial charge in [-0.25, -0.2) is 0 Å². The van der Waals surface area contributed by atoms with Gasteiger partial charge < -0.3 is 10.6 Å². The molecule has 1 aliphatic rings. The lowest BCUT2D eigenvalue weighted by Gasteiger charge is -2.30. The molecule has 0 aliphatic carbocycles. The van der Waals surface area contributed by atoms with Gasteiger partial charge in [0.05, 0.1) is 0 Å². The third-order valence-corrected chi connectivity index (χ3v) is 4.40. The molecule has 3 nitrogen and oxygen atoms in total. The summed E-state index contributed by atoms with van der Waals surface area (Å²) in [7, 11) is 2.22. The molecule has 0 bridgehead atoms. The zero-order valence-corrected chi connectivity index (χ0v) is 12.3. The molecule has 2 rings (SSSR count). The number of nitrogens with zero attached hydrogens (tertiary/aromatic N) is 2. The summed E-state index contributed by atoms with van der Waals surface area (Å²) in [4.78, 5) is 5.02. The van der Waals surface area contributed by atoms with Gasteiger partial charge in [0.25, 0.3) is 0 Å². The van der Waals surface area contributed by atoms with Crippen LogP contribution in [0.5, 0.6) is 0 Å². The highest BCUT2D eigenvalue weighted by atomic mass is 15.2. The maximum absolute atomic E-state index is 5.97. The van der Waals surface area contributed by atoms with Crippen LogP contribution in [0.15, 0.2) is 30.3 Å². The van der Waals surface area contributed by atoms with E-state index < -0.39 is 0 Å². The van der Waals surface area contributed by atoms with Crippen molar-refractivity contribution in [1.82, 2.24) is 9.80 Å². The summed E-state index contributed by atoms with van der Waals surface area (Å²) < 4.78 is 0. The number of rotatable bonds is 4. The minimum absolute atomic E-state index is 0.499. The van der Waals surface area contributed by atoms with Crippen molar-refractivity contribution < 1.29 is 0 Å². The molecule has 1 heterocycles. The average Bonchev–Trinajstić information content (AvgIpc) is 2.58. The molecule has 19 heavy (non-hydrogen) atoms. The van der Waals surface area contributed by atoms with Crippen LogP contribution in [-0.2, 0) is 6.42 Å². The highest BCUT2D eigenvalue weighted by Crippen LogP contribution is 2.14. The van der Waals surface area contributed by atoms with Gasteiger partial charge in [0.2, 0.25) is 0 Å². The predicted octanol–water partition coefficient (Wildman–Crippen LogP) is 1.58. The first kappa shape index (κ1) is 14.5. The van der Waals surface area contributed by atoms with Gasteiger partial charge in [0, 0.05) is 38.3 Å². The van der Waals surface area contributed by atoms with Crippen LogP contribution in [0.3, 0.4) is 0 Å². The summed E-state index contributed by atoms with van der Waals surface area (Å²) in [6.45, 7) is 6.44. The Balaban J connectivity index is 1.93. The molecule has 0 spiro atoms. The van der Waals surface area contributed by atoms with E-state index in [9.17, 15) is 0 Å². The second kappa shape index (κ2) is 7.04. The van der Waals surface area contributed by atoms with Crippen LogP contribution < -0.4 is 5.73 Å². The van der Waals surface area contributed by atoms with E-state index >= 15 is 0 Å². The highest BCUT2D eigenvalue weighted by Gasteiger charge is 2.25. The fourth-order valence-electron chi connectivity index (χ4n) is 2.82. The average molecular weight is 261 g/mol. The second-order valence-electron chi connectivity index (χ2n) is 5.74. The number of hydrogen-bond donors (Lipinski definition) is 1. The van der Waals surface area contributed by atoms with Crippen molar-refractivity contribution in [2.45, 2.75) is 31.8 Å². The second-order valence-corrected chi connectivity index (χ2v) is 5.74. The molecule has 0 aromatic heterocycles. The molecule has 1 fully saturated rings. The van der Waals surface area contributed by atoms with Crippen molar-refractivity contribution in [2.24, 2.45) is 5.73 Å². The molecule has 2 N–H and O–H groups in total. The van der Waals surface area contributed by atoms with Crippen LogP contribution in [0.4, 0.5) is 0 Å². The van der Waals surface area contributed by atoms with E-state index in [4.69, 9.17) is 5.73 Å². The maximum atomic E-state index is 5.97. The fraction of sp³-hybridized carbons (Fsp3) is 0.625. The third-order valence-electron chi connectivity index (χ3n) is 4.40. The Morgan fingerprint density at radius 1 is 1.26 bits per heavy atom. The smallest absolute Gasteiger partial charge is 0.0345 e. The van der Waals surface area contributed by atoms with E-state index in [1.165, 1.54) is 18.5 Å². The van der Waals surface area contributed by atoms with E-state index in [1.807, 2.05) is 0 Å². The Hall–Kier alpha value is -0.900. The summed E-state index contributed by atoms with van der Waals surface area (Å²) >= 11 is 0. The van der Waals surface area contributed by atoms with E-state index in [-0.39, 0.29) is 0 Å². The van der Waals surface area contributed by atoms with Gasteiger partial charge in [-0.05, 0) is 32.4 Å². The van der Waals surface area contributed by atoms with Crippen molar-refractivity contribution >= 4 is 0 Å². The number of nitrogens with two attached hydrogens (primary N) is 1. The van der Waals surface area contributed by atoms with Crippen LogP contribution in [0.25, 0.3) is 0 Å². The minimum Gasteiger partial charge on any atom is -0.329 e. The number of hydrogen-bond acceptors (Lipinski definition) is 3. The third kappa shape index (κ3) is 4.03. The Kier molecular flexibility index (Phi) is 5.37. The molecule has 1 aromatic rings. The quantitative estimate of drug-likeness (QED) is 0.893. The van der Waals surface area contributed by atoms with Crippen LogP contribution in [-0.4, -0.2) is 55.1 Å². The fourth-order valence-corrected chi connectivity index (χ4v) is 2.82. The molecule has 2 atom stereocenters. The predicted molar refractivity (Wildman–Crippen MR) is 81.3 cm³/mol. The summed E-state index contributed by atoms with van der Waals surface area (Å²) in [6.07, 6.45) is 2.36. The van der Waals surface area contributed by atoms with Gasteiger partial charge in [-0.1, -0.05) is 30.3 Å². The first-order valence-electron chi connectivity index (χ1n) is 7.39. The lowest BCUT2D eigenvalue weighted by atomic mass is 10.1. The Morgan fingerprint density at radius 3 is 2.68 bits per heavy atom. The SMILES string of the molecule is CC1CCN(CCc2ccccc2)C(CN)CN1C. The highest BCUT2D eigenvalue weighted by molar-refractivity contribution is 5.14. The summed E-state index contributed by atoms with van der Waals surface area (Å²) in [5.74, 6) is 0. The molecule has 2 unspecified atom stereocenters. The molecule has 3 heteroatoms. The molecule has 0 radical (unpaired) electrons. The van der Waals surface area contributed by atoms with E-state index in [0.29, 0.717) is 12.1 Å². The van der Waals surface area contributed by atoms with E-state index in [1.54, 1.807) is 0 Å². The number of benzene rings is 1. The molecular formula is C16H27N3. The molecule has 0 saturated carbocycles. The topological polar surface area (TPSA) is 32.5 Å². The Labute approximate surface area is 117 Å². The van der Waals surface area contributed by atoms with Crippen LogP contribution >= 0.6 is 0 Å². The van der Waals surface area contributed by atoms with Crippen LogP contribution in [0.2, 0.25) is 0 Å². The number of likely N-dealkylation sites (N-methyl/N-ethyl adjacent to an activating group) is 1. The normalized spacial score (nSPS) is 26.3. The zero-order chi connectivity index (χ0) is 13.7. The minimum atomic E-state index is 0.499. The molecule has 106 valence electrons. The summed E-state index contributed by atoms with van der Waals surface area (Å²) in [5, 5.41) is 0. The van der Waals surface area contributed by atoms with Crippen molar-refractivity contribution in [3.8, 4) is 0 Å². The lowest BCUT2D eigenvalue weighted by molar-refractivity contribution is 0.188. The van der Waals surface area contributed by atoms with Gasteiger partial charge >= 0.3 is 0 Å². The van der Waals surface area contributed by atoms with Crippen molar-refractivity contribution in [3.63, 3.8) is 0 Å².